The molecule has 8 heteroatoms. The molecule has 0 radical (unpaired) electrons. The van der Waals surface area contributed by atoms with Crippen molar-refractivity contribution in [3.8, 4) is 5.75 Å². The lowest BCUT2D eigenvalue weighted by Gasteiger charge is -2.11. The zero-order valence-electron chi connectivity index (χ0n) is 6.20. The zero-order chi connectivity index (χ0) is 10.9. The molecule has 1 rings (SSSR count). The number of rotatable bonds is 1. The van der Waals surface area contributed by atoms with Crippen LogP contribution in [0.25, 0.3) is 0 Å². The van der Waals surface area contributed by atoms with Gasteiger partial charge in [0.25, 0.3) is 0 Å². The molecular formula is C6HF4I2NO. The Morgan fingerprint density at radius 1 is 1.29 bits per heavy atom. The van der Waals surface area contributed by atoms with Gasteiger partial charge in [0.05, 0.1) is 3.57 Å². The number of nitrogens with zero attached hydrogens (tertiary/aromatic N) is 1. The van der Waals surface area contributed by atoms with E-state index in [0.29, 0.717) is 0 Å². The Balaban J connectivity index is 3.13. The largest absolute Gasteiger partial charge is 0.573 e. The normalized spacial score (nSPS) is 11.6. The molecule has 0 amide bonds. The Morgan fingerprint density at radius 3 is 2.36 bits per heavy atom. The van der Waals surface area contributed by atoms with Gasteiger partial charge in [-0.2, -0.15) is 0 Å². The molecule has 1 aromatic heterocycles. The minimum absolute atomic E-state index is 0.0257. The Morgan fingerprint density at radius 2 is 1.86 bits per heavy atom. The summed E-state index contributed by atoms with van der Waals surface area (Å²) in [4.78, 5) is 3.54. The van der Waals surface area contributed by atoms with Crippen LogP contribution in [0.5, 0.6) is 5.75 Å². The summed E-state index contributed by atoms with van der Waals surface area (Å²) >= 11 is 2.99. The number of alkyl halides is 3. The topological polar surface area (TPSA) is 22.1 Å². The van der Waals surface area contributed by atoms with E-state index in [0.717, 1.165) is 6.20 Å². The highest BCUT2D eigenvalue weighted by Crippen LogP contribution is 2.30. The number of halogens is 6. The summed E-state index contributed by atoms with van der Waals surface area (Å²) in [6.45, 7) is 0. The van der Waals surface area contributed by atoms with Gasteiger partial charge in [-0.3, -0.25) is 0 Å². The molecule has 0 aliphatic rings. The van der Waals surface area contributed by atoms with Crippen LogP contribution in [-0.2, 0) is 0 Å². The van der Waals surface area contributed by atoms with Gasteiger partial charge in [-0.25, -0.2) is 9.37 Å². The van der Waals surface area contributed by atoms with E-state index in [-0.39, 0.29) is 7.27 Å². The Labute approximate surface area is 103 Å². The molecule has 14 heavy (non-hydrogen) atoms. The Kier molecular flexibility index (Phi) is 3.77. The van der Waals surface area contributed by atoms with Crippen LogP contribution in [-0.4, -0.2) is 11.3 Å². The lowest BCUT2D eigenvalue weighted by atomic mass is 10.4. The SMILES string of the molecule is Fc1c(I)cnc(I)c1OC(F)(F)F. The van der Waals surface area contributed by atoms with E-state index in [2.05, 4.69) is 9.72 Å². The van der Waals surface area contributed by atoms with Gasteiger partial charge in [-0.15, -0.1) is 13.2 Å². The zero-order valence-corrected chi connectivity index (χ0v) is 10.5. The lowest BCUT2D eigenvalue weighted by Crippen LogP contribution is -2.19. The molecule has 0 spiro atoms. The fourth-order valence-electron chi connectivity index (χ4n) is 0.630. The fraction of sp³-hybridized carbons (Fsp3) is 0.167. The number of pyridine rings is 1. The molecule has 0 N–H and O–H groups in total. The molecule has 0 saturated heterocycles. The van der Waals surface area contributed by atoms with Crippen molar-refractivity contribution in [3.05, 3.63) is 19.3 Å². The number of aromatic nitrogens is 1. The van der Waals surface area contributed by atoms with Crippen LogP contribution in [0.3, 0.4) is 0 Å². The average Bonchev–Trinajstić information content (AvgIpc) is 2.04. The van der Waals surface area contributed by atoms with E-state index in [9.17, 15) is 17.6 Å². The first-order valence-corrected chi connectivity index (χ1v) is 5.22. The number of hydrogen-bond acceptors (Lipinski definition) is 2. The molecular weight excluding hydrogens is 432 g/mol. The molecule has 0 aliphatic heterocycles. The van der Waals surface area contributed by atoms with Crippen molar-refractivity contribution in [1.82, 2.24) is 4.98 Å². The number of ether oxygens (including phenoxy) is 1. The van der Waals surface area contributed by atoms with E-state index in [1.54, 1.807) is 0 Å². The third kappa shape index (κ3) is 3.07. The fourth-order valence-corrected chi connectivity index (χ4v) is 1.50. The molecule has 1 heterocycles. The van der Waals surface area contributed by atoms with Gasteiger partial charge < -0.3 is 4.74 Å². The van der Waals surface area contributed by atoms with Gasteiger partial charge in [-0.1, -0.05) is 0 Å². The van der Waals surface area contributed by atoms with Gasteiger partial charge in [0.2, 0.25) is 0 Å². The molecule has 0 fully saturated rings. The van der Waals surface area contributed by atoms with Crippen molar-refractivity contribution >= 4 is 45.2 Å². The van der Waals surface area contributed by atoms with Gasteiger partial charge in [-0.05, 0) is 45.2 Å². The van der Waals surface area contributed by atoms with Crippen molar-refractivity contribution in [1.29, 1.82) is 0 Å². The maximum absolute atomic E-state index is 13.1. The van der Waals surface area contributed by atoms with Crippen LogP contribution in [0, 0.1) is 13.1 Å². The van der Waals surface area contributed by atoms with Crippen LogP contribution in [0.15, 0.2) is 6.20 Å². The van der Waals surface area contributed by atoms with Crippen molar-refractivity contribution < 1.29 is 22.3 Å². The standard InChI is InChI=1S/C6HF4I2NO/c7-3-2(11)1-13-5(12)4(3)14-6(8,9)10/h1H. The molecule has 0 bridgehead atoms. The number of hydrogen-bond donors (Lipinski definition) is 0. The summed E-state index contributed by atoms with van der Waals surface area (Å²) in [7, 11) is 0. The molecule has 0 unspecified atom stereocenters. The van der Waals surface area contributed by atoms with Crippen LogP contribution >= 0.6 is 45.2 Å². The van der Waals surface area contributed by atoms with Crippen LogP contribution in [0.4, 0.5) is 17.6 Å². The third-order valence-corrected chi connectivity index (χ3v) is 2.63. The second kappa shape index (κ2) is 4.33. The first-order chi connectivity index (χ1) is 6.31. The summed E-state index contributed by atoms with van der Waals surface area (Å²) in [5, 5.41) is 0. The van der Waals surface area contributed by atoms with Crippen LogP contribution in [0.1, 0.15) is 0 Å². The van der Waals surface area contributed by atoms with Gasteiger partial charge in [0.15, 0.2) is 11.6 Å². The second-order valence-electron chi connectivity index (χ2n) is 2.09. The highest BCUT2D eigenvalue weighted by Gasteiger charge is 2.34. The van der Waals surface area contributed by atoms with Crippen LogP contribution < -0.4 is 4.74 Å². The first kappa shape index (κ1) is 12.2. The summed E-state index contributed by atoms with van der Waals surface area (Å²) in [6, 6.07) is 0. The van der Waals surface area contributed by atoms with E-state index in [1.807, 2.05) is 0 Å². The van der Waals surface area contributed by atoms with Gasteiger partial charge in [0.1, 0.15) is 3.70 Å². The van der Waals surface area contributed by atoms with Crippen molar-refractivity contribution in [2.75, 3.05) is 0 Å². The predicted molar refractivity (Wildman–Crippen MR) is 56.3 cm³/mol. The second-order valence-corrected chi connectivity index (χ2v) is 4.27. The molecule has 0 saturated carbocycles. The molecule has 78 valence electrons. The Bertz CT molecular complexity index is 354. The molecule has 0 aliphatic carbocycles. The van der Waals surface area contributed by atoms with Crippen LogP contribution in [0.2, 0.25) is 0 Å². The quantitative estimate of drug-likeness (QED) is 0.386. The monoisotopic (exact) mass is 433 g/mol. The molecule has 0 atom stereocenters. The van der Waals surface area contributed by atoms with Crippen molar-refractivity contribution in [3.63, 3.8) is 0 Å². The van der Waals surface area contributed by atoms with E-state index in [1.165, 1.54) is 45.2 Å². The molecule has 1 aromatic rings. The predicted octanol–water partition coefficient (Wildman–Crippen LogP) is 3.33. The first-order valence-electron chi connectivity index (χ1n) is 3.06. The summed E-state index contributed by atoms with van der Waals surface area (Å²) in [6.07, 6.45) is -3.78. The smallest absolute Gasteiger partial charge is 0.400 e. The highest BCUT2D eigenvalue weighted by atomic mass is 127. The minimum Gasteiger partial charge on any atom is -0.400 e. The Hall–Kier alpha value is 0.130. The summed E-state index contributed by atoms with van der Waals surface area (Å²) < 4.78 is 51.8. The van der Waals surface area contributed by atoms with E-state index < -0.39 is 17.9 Å². The average molecular weight is 433 g/mol. The van der Waals surface area contributed by atoms with E-state index >= 15 is 0 Å². The maximum Gasteiger partial charge on any atom is 0.573 e. The van der Waals surface area contributed by atoms with Gasteiger partial charge >= 0.3 is 6.36 Å². The molecule has 2 nitrogen and oxygen atoms in total. The highest BCUT2D eigenvalue weighted by molar-refractivity contribution is 14.1. The van der Waals surface area contributed by atoms with Crippen molar-refractivity contribution in [2.24, 2.45) is 0 Å². The van der Waals surface area contributed by atoms with Crippen molar-refractivity contribution in [2.45, 2.75) is 6.36 Å². The molecule has 0 aromatic carbocycles. The maximum atomic E-state index is 13.1. The van der Waals surface area contributed by atoms with Gasteiger partial charge in [0, 0.05) is 6.20 Å². The third-order valence-electron chi connectivity index (χ3n) is 1.11. The van der Waals surface area contributed by atoms with E-state index in [4.69, 9.17) is 0 Å². The summed E-state index contributed by atoms with van der Waals surface area (Å²) in [5.74, 6) is -1.94. The lowest BCUT2D eigenvalue weighted by molar-refractivity contribution is -0.276. The minimum atomic E-state index is -4.91. The summed E-state index contributed by atoms with van der Waals surface area (Å²) in [5.41, 5.74) is 0.